The number of alkyl halides is 2. The molecule has 0 saturated carbocycles. The number of halogens is 3. The number of hydrogen-bond acceptors (Lipinski definition) is 2. The second kappa shape index (κ2) is 3.96. The van der Waals surface area contributed by atoms with Gasteiger partial charge in [0.05, 0.1) is 5.56 Å². The molecule has 1 aromatic rings. The van der Waals surface area contributed by atoms with E-state index >= 15 is 0 Å². The van der Waals surface area contributed by atoms with Gasteiger partial charge in [0, 0.05) is 9.26 Å². The second-order valence-corrected chi connectivity index (χ2v) is 3.58. The van der Waals surface area contributed by atoms with E-state index in [-0.39, 0.29) is 11.3 Å². The highest BCUT2D eigenvalue weighted by atomic mass is 127. The van der Waals surface area contributed by atoms with E-state index in [9.17, 15) is 8.78 Å². The van der Waals surface area contributed by atoms with Crippen LogP contribution in [0.25, 0.3) is 0 Å². The van der Waals surface area contributed by atoms with Crippen molar-refractivity contribution in [2.75, 3.05) is 0 Å². The Morgan fingerprint density at radius 2 is 2.23 bits per heavy atom. The van der Waals surface area contributed by atoms with Gasteiger partial charge in [0.1, 0.15) is 6.07 Å². The fourth-order valence-corrected chi connectivity index (χ4v) is 1.88. The fourth-order valence-electron chi connectivity index (χ4n) is 0.936. The minimum absolute atomic E-state index is 0.181. The Bertz CT molecular complexity index is 371. The summed E-state index contributed by atoms with van der Waals surface area (Å²) in [5.74, 6) is 0. The molecular formula is C8H5F2IN2. The third-order valence-corrected chi connectivity index (χ3v) is 2.35. The van der Waals surface area contributed by atoms with Crippen molar-refractivity contribution in [3.05, 3.63) is 26.6 Å². The van der Waals surface area contributed by atoms with Crippen molar-refractivity contribution < 1.29 is 8.78 Å². The van der Waals surface area contributed by atoms with Crippen LogP contribution in [0.3, 0.4) is 0 Å². The number of aromatic nitrogens is 1. The molecule has 1 aromatic heterocycles. The van der Waals surface area contributed by atoms with Crippen LogP contribution in [0.15, 0.2) is 6.07 Å². The lowest BCUT2D eigenvalue weighted by molar-refractivity contribution is 0.149. The van der Waals surface area contributed by atoms with E-state index in [0.29, 0.717) is 9.26 Å². The molecule has 0 bridgehead atoms. The Labute approximate surface area is 87.7 Å². The van der Waals surface area contributed by atoms with Crippen LogP contribution >= 0.6 is 22.6 Å². The van der Waals surface area contributed by atoms with Crippen LogP contribution in [0.1, 0.15) is 23.4 Å². The second-order valence-electron chi connectivity index (χ2n) is 2.42. The maximum atomic E-state index is 12.4. The lowest BCUT2D eigenvalue weighted by atomic mass is 10.2. The van der Waals surface area contributed by atoms with Gasteiger partial charge in [0.15, 0.2) is 5.69 Å². The topological polar surface area (TPSA) is 36.7 Å². The minimum Gasteiger partial charge on any atom is -0.242 e. The van der Waals surface area contributed by atoms with Crippen molar-refractivity contribution in [1.29, 1.82) is 5.26 Å². The largest absolute Gasteiger partial charge is 0.267 e. The molecule has 0 aliphatic heterocycles. The average Bonchev–Trinajstić information content (AvgIpc) is 2.01. The molecule has 1 rings (SSSR count). The summed E-state index contributed by atoms with van der Waals surface area (Å²) in [5.41, 5.74) is 0.124. The van der Waals surface area contributed by atoms with Gasteiger partial charge in [-0.3, -0.25) is 0 Å². The Morgan fingerprint density at radius 1 is 1.62 bits per heavy atom. The molecule has 0 aliphatic carbocycles. The summed E-state index contributed by atoms with van der Waals surface area (Å²) in [6.07, 6.45) is -2.64. The molecule has 5 heteroatoms. The van der Waals surface area contributed by atoms with E-state index in [0.717, 1.165) is 0 Å². The van der Waals surface area contributed by atoms with Gasteiger partial charge in [-0.2, -0.15) is 5.26 Å². The van der Waals surface area contributed by atoms with Crippen LogP contribution in [0.4, 0.5) is 8.78 Å². The highest BCUT2D eigenvalue weighted by Gasteiger charge is 2.18. The third kappa shape index (κ3) is 2.12. The van der Waals surface area contributed by atoms with Gasteiger partial charge in [0.2, 0.25) is 0 Å². The SMILES string of the molecule is Cc1cc(I)c(C(F)F)c(C#N)n1. The summed E-state index contributed by atoms with van der Waals surface area (Å²) in [4.78, 5) is 3.73. The molecule has 13 heavy (non-hydrogen) atoms. The lowest BCUT2D eigenvalue weighted by Gasteiger charge is -2.05. The van der Waals surface area contributed by atoms with Crippen LogP contribution in [-0.2, 0) is 0 Å². The van der Waals surface area contributed by atoms with Crippen molar-refractivity contribution >= 4 is 22.6 Å². The third-order valence-electron chi connectivity index (χ3n) is 1.46. The van der Waals surface area contributed by atoms with Crippen molar-refractivity contribution in [1.82, 2.24) is 4.98 Å². The highest BCUT2D eigenvalue weighted by molar-refractivity contribution is 14.1. The first kappa shape index (κ1) is 10.3. The van der Waals surface area contributed by atoms with Gasteiger partial charge < -0.3 is 0 Å². The van der Waals surface area contributed by atoms with Gasteiger partial charge in [-0.05, 0) is 35.6 Å². The Balaban J connectivity index is 3.41. The number of rotatable bonds is 1. The van der Waals surface area contributed by atoms with Crippen molar-refractivity contribution in [3.8, 4) is 6.07 Å². The number of nitrogens with zero attached hydrogens (tertiary/aromatic N) is 2. The first-order chi connectivity index (χ1) is 6.06. The van der Waals surface area contributed by atoms with Gasteiger partial charge in [-0.1, -0.05) is 0 Å². The van der Waals surface area contributed by atoms with E-state index in [1.54, 1.807) is 35.6 Å². The molecule has 1 heterocycles. The Kier molecular flexibility index (Phi) is 3.14. The van der Waals surface area contributed by atoms with E-state index in [1.807, 2.05) is 0 Å². The van der Waals surface area contributed by atoms with Gasteiger partial charge in [0.25, 0.3) is 6.43 Å². The molecule has 0 N–H and O–H groups in total. The summed E-state index contributed by atoms with van der Waals surface area (Å²) < 4.78 is 25.2. The molecule has 0 spiro atoms. The Morgan fingerprint density at radius 3 is 2.69 bits per heavy atom. The van der Waals surface area contributed by atoms with E-state index in [4.69, 9.17) is 5.26 Å². The molecule has 0 amide bonds. The van der Waals surface area contributed by atoms with Crippen LogP contribution in [0, 0.1) is 21.8 Å². The van der Waals surface area contributed by atoms with E-state index < -0.39 is 6.43 Å². The summed E-state index contributed by atoms with van der Waals surface area (Å²) in [7, 11) is 0. The summed E-state index contributed by atoms with van der Waals surface area (Å²) in [6, 6.07) is 3.19. The van der Waals surface area contributed by atoms with Crippen LogP contribution in [0.5, 0.6) is 0 Å². The quantitative estimate of drug-likeness (QED) is 0.747. The highest BCUT2D eigenvalue weighted by Crippen LogP contribution is 2.27. The number of pyridine rings is 1. The van der Waals surface area contributed by atoms with Crippen LogP contribution in [0.2, 0.25) is 0 Å². The first-order valence-electron chi connectivity index (χ1n) is 3.41. The lowest BCUT2D eigenvalue weighted by Crippen LogP contribution is -1.99. The predicted molar refractivity (Wildman–Crippen MR) is 51.4 cm³/mol. The first-order valence-corrected chi connectivity index (χ1v) is 4.49. The summed E-state index contributed by atoms with van der Waals surface area (Å²) in [5, 5.41) is 8.57. The van der Waals surface area contributed by atoms with E-state index in [2.05, 4.69) is 4.98 Å². The molecular weight excluding hydrogens is 289 g/mol. The fraction of sp³-hybridized carbons (Fsp3) is 0.250. The molecule has 2 nitrogen and oxygen atoms in total. The monoisotopic (exact) mass is 294 g/mol. The van der Waals surface area contributed by atoms with Gasteiger partial charge in [-0.25, -0.2) is 13.8 Å². The van der Waals surface area contributed by atoms with Crippen molar-refractivity contribution in [2.45, 2.75) is 13.3 Å². The molecule has 0 atom stereocenters. The zero-order valence-electron chi connectivity index (χ0n) is 6.68. The molecule has 0 saturated heterocycles. The average molecular weight is 294 g/mol. The molecule has 0 fully saturated rings. The molecule has 0 radical (unpaired) electrons. The minimum atomic E-state index is -2.64. The van der Waals surface area contributed by atoms with Crippen LogP contribution < -0.4 is 0 Å². The Hall–Kier alpha value is -0.770. The molecule has 0 aromatic carbocycles. The molecule has 0 aliphatic rings. The number of nitriles is 1. The van der Waals surface area contributed by atoms with Crippen molar-refractivity contribution in [2.24, 2.45) is 0 Å². The van der Waals surface area contributed by atoms with Gasteiger partial charge >= 0.3 is 0 Å². The molecule has 0 unspecified atom stereocenters. The van der Waals surface area contributed by atoms with Crippen LogP contribution in [-0.4, -0.2) is 4.98 Å². The normalized spacial score (nSPS) is 10.2. The number of aryl methyl sites for hydroxylation is 1. The van der Waals surface area contributed by atoms with E-state index in [1.165, 1.54) is 6.07 Å². The van der Waals surface area contributed by atoms with Gasteiger partial charge in [-0.15, -0.1) is 0 Å². The zero-order valence-corrected chi connectivity index (χ0v) is 8.84. The molecule has 68 valence electrons. The smallest absolute Gasteiger partial charge is 0.242 e. The maximum Gasteiger partial charge on any atom is 0.267 e. The summed E-state index contributed by atoms with van der Waals surface area (Å²) in [6.45, 7) is 1.66. The number of hydrogen-bond donors (Lipinski definition) is 0. The standard InChI is InChI=1S/C8H5F2IN2/c1-4-2-5(11)7(8(9)10)6(3-12)13-4/h2,8H,1H3. The predicted octanol–water partition coefficient (Wildman–Crippen LogP) is 2.80. The van der Waals surface area contributed by atoms with Crippen molar-refractivity contribution in [3.63, 3.8) is 0 Å². The zero-order chi connectivity index (χ0) is 10.0. The maximum absolute atomic E-state index is 12.4. The summed E-state index contributed by atoms with van der Waals surface area (Å²) >= 11 is 1.78.